The molecule has 2 amide bonds. The summed E-state index contributed by atoms with van der Waals surface area (Å²) in [4.78, 5) is 23.4. The van der Waals surface area contributed by atoms with Crippen LogP contribution in [0.4, 0.5) is 11.4 Å². The summed E-state index contributed by atoms with van der Waals surface area (Å²) in [7, 11) is 0. The predicted molar refractivity (Wildman–Crippen MR) is 82.9 cm³/mol. The molecule has 21 heavy (non-hydrogen) atoms. The van der Waals surface area contributed by atoms with E-state index >= 15 is 0 Å². The van der Waals surface area contributed by atoms with Crippen LogP contribution in [0.1, 0.15) is 5.56 Å². The predicted octanol–water partition coefficient (Wildman–Crippen LogP) is 1.76. The average Bonchev–Trinajstić information content (AvgIpc) is 2.50. The molecule has 0 aromatic heterocycles. The second kappa shape index (κ2) is 7.21. The topological polar surface area (TPSA) is 84.2 Å². The van der Waals surface area contributed by atoms with Crippen LogP contribution >= 0.6 is 0 Å². The minimum atomic E-state index is -0.306. The molecule has 2 aromatic rings. The van der Waals surface area contributed by atoms with E-state index in [1.165, 1.54) is 0 Å². The molecule has 5 heteroatoms. The van der Waals surface area contributed by atoms with Crippen molar-refractivity contribution in [2.24, 2.45) is 5.73 Å². The van der Waals surface area contributed by atoms with E-state index in [-0.39, 0.29) is 24.8 Å². The number of para-hydroxylation sites is 2. The van der Waals surface area contributed by atoms with E-state index < -0.39 is 0 Å². The Kier molecular flexibility index (Phi) is 5.06. The molecule has 0 fully saturated rings. The Balaban J connectivity index is 2.05. The van der Waals surface area contributed by atoms with Gasteiger partial charge >= 0.3 is 0 Å². The van der Waals surface area contributed by atoms with E-state index in [1.807, 2.05) is 30.3 Å². The van der Waals surface area contributed by atoms with Crippen molar-refractivity contribution in [3.63, 3.8) is 0 Å². The number of anilines is 2. The quantitative estimate of drug-likeness (QED) is 0.781. The van der Waals surface area contributed by atoms with Gasteiger partial charge in [-0.3, -0.25) is 9.59 Å². The first-order valence-corrected chi connectivity index (χ1v) is 6.62. The number of rotatable bonds is 5. The number of hydrogen-bond donors (Lipinski definition) is 3. The van der Waals surface area contributed by atoms with Crippen LogP contribution < -0.4 is 16.4 Å². The van der Waals surface area contributed by atoms with Crippen LogP contribution in [0, 0.1) is 0 Å². The van der Waals surface area contributed by atoms with E-state index in [2.05, 4.69) is 10.6 Å². The number of carbonyl (C=O) groups is 2. The molecule has 2 rings (SSSR count). The standard InChI is InChI=1S/C16H17N3O2/c17-11-16(21)19-14-9-5-4-8-13(14)18-15(20)10-12-6-2-1-3-7-12/h1-9H,10-11,17H2,(H,18,20)(H,19,21). The van der Waals surface area contributed by atoms with E-state index in [9.17, 15) is 9.59 Å². The third-order valence-electron chi connectivity index (χ3n) is 2.87. The zero-order valence-corrected chi connectivity index (χ0v) is 11.5. The minimum Gasteiger partial charge on any atom is -0.324 e. The van der Waals surface area contributed by atoms with E-state index in [4.69, 9.17) is 5.73 Å². The van der Waals surface area contributed by atoms with E-state index in [0.717, 1.165) is 5.56 Å². The Hall–Kier alpha value is -2.66. The lowest BCUT2D eigenvalue weighted by Crippen LogP contribution is -2.23. The van der Waals surface area contributed by atoms with Gasteiger partial charge in [0.25, 0.3) is 0 Å². The summed E-state index contributed by atoms with van der Waals surface area (Å²) >= 11 is 0. The second-order valence-corrected chi connectivity index (χ2v) is 4.51. The van der Waals surface area contributed by atoms with Crippen LogP contribution in [0.2, 0.25) is 0 Å². The van der Waals surface area contributed by atoms with Crippen LogP contribution in [-0.4, -0.2) is 18.4 Å². The second-order valence-electron chi connectivity index (χ2n) is 4.51. The number of hydrogen-bond acceptors (Lipinski definition) is 3. The van der Waals surface area contributed by atoms with Crippen molar-refractivity contribution in [2.75, 3.05) is 17.2 Å². The van der Waals surface area contributed by atoms with E-state index in [0.29, 0.717) is 11.4 Å². The van der Waals surface area contributed by atoms with Gasteiger partial charge in [0.15, 0.2) is 0 Å². The van der Waals surface area contributed by atoms with Gasteiger partial charge < -0.3 is 16.4 Å². The van der Waals surface area contributed by atoms with Crippen molar-refractivity contribution in [1.82, 2.24) is 0 Å². The lowest BCUT2D eigenvalue weighted by Gasteiger charge is -2.11. The van der Waals surface area contributed by atoms with Crippen molar-refractivity contribution in [3.8, 4) is 0 Å². The highest BCUT2D eigenvalue weighted by Gasteiger charge is 2.09. The summed E-state index contributed by atoms with van der Waals surface area (Å²) in [5.74, 6) is -0.449. The van der Waals surface area contributed by atoms with Gasteiger partial charge in [-0.15, -0.1) is 0 Å². The van der Waals surface area contributed by atoms with Gasteiger partial charge in [-0.2, -0.15) is 0 Å². The summed E-state index contributed by atoms with van der Waals surface area (Å²) in [6.07, 6.45) is 0.278. The number of nitrogens with one attached hydrogen (secondary N) is 2. The lowest BCUT2D eigenvalue weighted by molar-refractivity contribution is -0.116. The maximum Gasteiger partial charge on any atom is 0.238 e. The van der Waals surface area contributed by atoms with Gasteiger partial charge in [0.05, 0.1) is 24.3 Å². The smallest absolute Gasteiger partial charge is 0.238 e. The molecule has 0 bridgehead atoms. The maximum atomic E-state index is 12.0. The zero-order valence-electron chi connectivity index (χ0n) is 11.5. The molecule has 4 N–H and O–H groups in total. The third-order valence-corrected chi connectivity index (χ3v) is 2.87. The van der Waals surface area contributed by atoms with Gasteiger partial charge in [-0.1, -0.05) is 42.5 Å². The fourth-order valence-corrected chi connectivity index (χ4v) is 1.88. The lowest BCUT2D eigenvalue weighted by atomic mass is 10.1. The fourth-order valence-electron chi connectivity index (χ4n) is 1.88. The van der Waals surface area contributed by atoms with Gasteiger partial charge in [-0.25, -0.2) is 0 Å². The molecule has 0 heterocycles. The van der Waals surface area contributed by atoms with Crippen molar-refractivity contribution in [2.45, 2.75) is 6.42 Å². The Bertz CT molecular complexity index is 626. The highest BCUT2D eigenvalue weighted by atomic mass is 16.2. The van der Waals surface area contributed by atoms with Crippen LogP contribution in [0.15, 0.2) is 54.6 Å². The SMILES string of the molecule is NCC(=O)Nc1ccccc1NC(=O)Cc1ccccc1. The van der Waals surface area contributed by atoms with Crippen LogP contribution in [0.3, 0.4) is 0 Å². The van der Waals surface area contributed by atoms with Crippen molar-refractivity contribution in [1.29, 1.82) is 0 Å². The maximum absolute atomic E-state index is 12.0. The Morgan fingerprint density at radius 2 is 1.33 bits per heavy atom. The molecule has 0 spiro atoms. The first-order chi connectivity index (χ1) is 10.2. The molecule has 0 saturated heterocycles. The zero-order chi connectivity index (χ0) is 15.1. The fraction of sp³-hybridized carbons (Fsp3) is 0.125. The normalized spacial score (nSPS) is 9.95. The molecule has 0 aliphatic rings. The highest BCUT2D eigenvalue weighted by Crippen LogP contribution is 2.21. The van der Waals surface area contributed by atoms with Crippen molar-refractivity contribution < 1.29 is 9.59 Å². The molecule has 0 aliphatic heterocycles. The molecule has 5 nitrogen and oxygen atoms in total. The molecule has 0 atom stereocenters. The van der Waals surface area contributed by atoms with Crippen molar-refractivity contribution >= 4 is 23.2 Å². The highest BCUT2D eigenvalue weighted by molar-refractivity contribution is 6.00. The number of amides is 2. The minimum absolute atomic E-state index is 0.105. The molecule has 2 aromatic carbocycles. The first-order valence-electron chi connectivity index (χ1n) is 6.62. The summed E-state index contributed by atoms with van der Waals surface area (Å²) in [5, 5.41) is 5.44. The molecule has 0 saturated carbocycles. The Morgan fingerprint density at radius 3 is 1.90 bits per heavy atom. The summed E-state index contributed by atoms with van der Waals surface area (Å²) in [5.41, 5.74) is 7.30. The monoisotopic (exact) mass is 283 g/mol. The molecule has 0 unspecified atom stereocenters. The van der Waals surface area contributed by atoms with Gasteiger partial charge in [0.2, 0.25) is 11.8 Å². The van der Waals surface area contributed by atoms with Crippen molar-refractivity contribution in [3.05, 3.63) is 60.2 Å². The third kappa shape index (κ3) is 4.43. The summed E-state index contributed by atoms with van der Waals surface area (Å²) < 4.78 is 0. The molecule has 0 radical (unpaired) electrons. The molecular formula is C16H17N3O2. The number of nitrogens with two attached hydrogens (primary N) is 1. The average molecular weight is 283 g/mol. The first kappa shape index (κ1) is 14.7. The van der Waals surface area contributed by atoms with Gasteiger partial charge in [0, 0.05) is 0 Å². The van der Waals surface area contributed by atoms with Gasteiger partial charge in [0.1, 0.15) is 0 Å². The van der Waals surface area contributed by atoms with Gasteiger partial charge in [-0.05, 0) is 17.7 Å². The van der Waals surface area contributed by atoms with Crippen LogP contribution in [0.25, 0.3) is 0 Å². The van der Waals surface area contributed by atoms with Crippen LogP contribution in [-0.2, 0) is 16.0 Å². The van der Waals surface area contributed by atoms with E-state index in [1.54, 1.807) is 24.3 Å². The Morgan fingerprint density at radius 1 is 0.810 bits per heavy atom. The number of carbonyl (C=O) groups excluding carboxylic acids is 2. The molecule has 0 aliphatic carbocycles. The van der Waals surface area contributed by atoms with Crippen LogP contribution in [0.5, 0.6) is 0 Å². The molecule has 108 valence electrons. The number of benzene rings is 2. The summed E-state index contributed by atoms with van der Waals surface area (Å²) in [6.45, 7) is -0.105. The largest absolute Gasteiger partial charge is 0.324 e. The summed E-state index contributed by atoms with van der Waals surface area (Å²) in [6, 6.07) is 16.5. The Labute approximate surface area is 123 Å². The molecular weight excluding hydrogens is 266 g/mol.